The smallest absolute Gasteiger partial charge is 0.409 e. The number of carbonyl (C=O) groups is 2. The highest BCUT2D eigenvalue weighted by molar-refractivity contribution is 5.83. The van der Waals surface area contributed by atoms with E-state index in [0.29, 0.717) is 48.4 Å². The number of anilines is 1. The Morgan fingerprint density at radius 3 is 2.51 bits per heavy atom. The molecule has 5 N–H and O–H groups in total. The van der Waals surface area contributed by atoms with Crippen molar-refractivity contribution in [3.63, 3.8) is 0 Å². The van der Waals surface area contributed by atoms with E-state index in [-0.39, 0.29) is 11.9 Å². The van der Waals surface area contributed by atoms with Gasteiger partial charge in [-0.15, -0.1) is 0 Å². The first kappa shape index (κ1) is 30.9. The minimum Gasteiger partial charge on any atom is -0.449 e. The number of hydrogen-bond acceptors (Lipinski definition) is 10. The van der Waals surface area contributed by atoms with Gasteiger partial charge in [0.1, 0.15) is 23.5 Å². The Morgan fingerprint density at radius 2 is 1.85 bits per heavy atom. The normalized spacial score (nSPS) is 25.0. The fourth-order valence-electron chi connectivity index (χ4n) is 5.56. The summed E-state index contributed by atoms with van der Waals surface area (Å²) in [6.45, 7) is 8.12. The van der Waals surface area contributed by atoms with Gasteiger partial charge in [-0.1, -0.05) is 20.3 Å². The van der Waals surface area contributed by atoms with Crippen molar-refractivity contribution in [2.24, 2.45) is 11.8 Å². The summed E-state index contributed by atoms with van der Waals surface area (Å²) in [5.74, 6) is 1.33. The highest BCUT2D eigenvalue weighted by atomic mass is 16.6. The van der Waals surface area contributed by atoms with Gasteiger partial charge in [0.25, 0.3) is 5.91 Å². The van der Waals surface area contributed by atoms with E-state index < -0.39 is 30.4 Å². The minimum absolute atomic E-state index is 0.185. The predicted molar refractivity (Wildman–Crippen MR) is 152 cm³/mol. The fraction of sp³-hybridized carbons (Fsp3) is 0.750. The number of aliphatic hydroxyl groups excluding tert-OH is 2. The maximum atomic E-state index is 12.3. The number of hydrogen-bond donors (Lipinski definition) is 4. The van der Waals surface area contributed by atoms with Gasteiger partial charge >= 0.3 is 6.09 Å². The standard InChI is InChI=1S/C26H39N7O6.C2H6/c1-2-28-24(36)21-19(34)20(35)25(39-21)33-14-29-18-22(27)30-17(31-23(18)33)8-4-5-15-9-11-32(12-10-15)26(37)38-13-16-6-3-7-16;1-2/h14-16,19-21,25,34-35H,2-13H2,1H3,(H,28,36)(H2,27,30,31);1-2H3/t19?,20-,21-,25+;/m0./s1. The molecular formula is C28H45N7O6. The number of piperidine rings is 1. The number of likely N-dealkylation sites (N-methyl/N-ethyl adjacent to an activating group) is 1. The van der Waals surface area contributed by atoms with Gasteiger partial charge in [-0.2, -0.15) is 0 Å². The second kappa shape index (κ2) is 14.2. The van der Waals surface area contributed by atoms with Crippen LogP contribution in [-0.2, 0) is 20.7 Å². The SMILES string of the molecule is CC.CCNC(=O)[C@H]1O[C@@H](n2cnc3c(N)nc(CCCC4CCN(C(=O)OCC5CCC5)CC4)nc32)[C@@H](O)C1O. The van der Waals surface area contributed by atoms with Gasteiger partial charge in [-0.05, 0) is 57.3 Å². The Hall–Kier alpha value is -3.03. The van der Waals surface area contributed by atoms with E-state index in [1.165, 1.54) is 17.3 Å². The number of nitrogen functional groups attached to an aromatic ring is 1. The summed E-state index contributed by atoms with van der Waals surface area (Å²) in [5.41, 5.74) is 6.90. The predicted octanol–water partition coefficient (Wildman–Crippen LogP) is 2.16. The van der Waals surface area contributed by atoms with Crippen molar-refractivity contribution in [3.8, 4) is 0 Å². The molecule has 13 heteroatoms. The number of amides is 2. The van der Waals surface area contributed by atoms with Gasteiger partial charge < -0.3 is 35.6 Å². The van der Waals surface area contributed by atoms with E-state index in [0.717, 1.165) is 51.6 Å². The maximum absolute atomic E-state index is 12.3. The lowest BCUT2D eigenvalue weighted by Crippen LogP contribution is -2.42. The molecule has 0 bridgehead atoms. The summed E-state index contributed by atoms with van der Waals surface area (Å²) in [6.07, 6.45) is 4.13. The van der Waals surface area contributed by atoms with Crippen LogP contribution in [-0.4, -0.2) is 91.2 Å². The summed E-state index contributed by atoms with van der Waals surface area (Å²) in [4.78, 5) is 39.7. The van der Waals surface area contributed by atoms with Crippen molar-refractivity contribution in [2.45, 2.75) is 96.7 Å². The van der Waals surface area contributed by atoms with Crippen molar-refractivity contribution in [1.29, 1.82) is 0 Å². The third-order valence-electron chi connectivity index (χ3n) is 8.17. The molecule has 228 valence electrons. The largest absolute Gasteiger partial charge is 0.449 e. The van der Waals surface area contributed by atoms with E-state index >= 15 is 0 Å². The van der Waals surface area contributed by atoms with Gasteiger partial charge in [0.05, 0.1) is 12.9 Å². The van der Waals surface area contributed by atoms with Crippen LogP contribution in [0.15, 0.2) is 6.33 Å². The molecule has 1 aliphatic carbocycles. The Labute approximate surface area is 240 Å². The molecule has 3 fully saturated rings. The molecule has 41 heavy (non-hydrogen) atoms. The molecule has 5 rings (SSSR count). The number of likely N-dealkylation sites (tertiary alicyclic amines) is 1. The van der Waals surface area contributed by atoms with Crippen molar-refractivity contribution in [1.82, 2.24) is 29.7 Å². The van der Waals surface area contributed by atoms with Crippen LogP contribution < -0.4 is 11.1 Å². The molecule has 2 aliphatic heterocycles. The quantitative estimate of drug-likeness (QED) is 0.346. The van der Waals surface area contributed by atoms with Crippen LogP contribution in [0.1, 0.15) is 77.8 Å². The number of aliphatic hydroxyl groups is 2. The zero-order chi connectivity index (χ0) is 29.5. The molecule has 1 unspecified atom stereocenters. The molecule has 4 atom stereocenters. The second-order valence-corrected chi connectivity index (χ2v) is 10.9. The van der Waals surface area contributed by atoms with Crippen LogP contribution in [0.25, 0.3) is 11.2 Å². The van der Waals surface area contributed by atoms with E-state index in [4.69, 9.17) is 15.2 Å². The summed E-state index contributed by atoms with van der Waals surface area (Å²) >= 11 is 0. The van der Waals surface area contributed by atoms with Crippen molar-refractivity contribution >= 4 is 29.0 Å². The van der Waals surface area contributed by atoms with Crippen LogP contribution in [0, 0.1) is 11.8 Å². The second-order valence-electron chi connectivity index (χ2n) is 10.9. The summed E-state index contributed by atoms with van der Waals surface area (Å²) < 4.78 is 12.7. The number of aryl methyl sites for hydroxylation is 1. The van der Waals surface area contributed by atoms with Crippen LogP contribution in [0.5, 0.6) is 0 Å². The number of nitrogens with zero attached hydrogens (tertiary/aromatic N) is 5. The summed E-state index contributed by atoms with van der Waals surface area (Å²) in [6, 6.07) is 0. The molecule has 2 aromatic heterocycles. The summed E-state index contributed by atoms with van der Waals surface area (Å²) in [5, 5.41) is 23.6. The number of carbonyl (C=O) groups excluding carboxylic acids is 2. The van der Waals surface area contributed by atoms with Crippen LogP contribution >= 0.6 is 0 Å². The third kappa shape index (κ3) is 7.07. The Morgan fingerprint density at radius 1 is 1.12 bits per heavy atom. The maximum Gasteiger partial charge on any atom is 0.409 e. The van der Waals surface area contributed by atoms with Crippen LogP contribution in [0.4, 0.5) is 10.6 Å². The van der Waals surface area contributed by atoms with Gasteiger partial charge in [0.15, 0.2) is 23.8 Å². The zero-order valence-corrected chi connectivity index (χ0v) is 24.4. The van der Waals surface area contributed by atoms with Crippen molar-refractivity contribution in [2.75, 3.05) is 32.0 Å². The minimum atomic E-state index is -1.39. The van der Waals surface area contributed by atoms with Gasteiger partial charge in [0.2, 0.25) is 0 Å². The molecule has 13 nitrogen and oxygen atoms in total. The monoisotopic (exact) mass is 575 g/mol. The van der Waals surface area contributed by atoms with E-state index in [2.05, 4.69) is 20.3 Å². The van der Waals surface area contributed by atoms with Crippen molar-refractivity contribution < 1.29 is 29.3 Å². The number of ether oxygens (including phenoxy) is 2. The Balaban J connectivity index is 0.00000189. The third-order valence-corrected chi connectivity index (χ3v) is 8.17. The topological polar surface area (TPSA) is 178 Å². The first-order valence-electron chi connectivity index (χ1n) is 15.1. The van der Waals surface area contributed by atoms with Gasteiger partial charge in [-0.25, -0.2) is 19.7 Å². The van der Waals surface area contributed by atoms with Gasteiger partial charge in [0, 0.05) is 26.1 Å². The number of imidazole rings is 1. The van der Waals surface area contributed by atoms with Crippen LogP contribution in [0.3, 0.4) is 0 Å². The molecular weight excluding hydrogens is 530 g/mol. The average Bonchev–Trinajstić information content (AvgIpc) is 3.50. The lowest BCUT2D eigenvalue weighted by atomic mass is 9.86. The lowest BCUT2D eigenvalue weighted by molar-refractivity contribution is -0.137. The molecule has 1 saturated carbocycles. The number of fused-ring (bicyclic) bond motifs is 1. The number of nitrogens with one attached hydrogen (secondary N) is 1. The average molecular weight is 576 g/mol. The van der Waals surface area contributed by atoms with E-state index in [9.17, 15) is 19.8 Å². The zero-order valence-electron chi connectivity index (χ0n) is 24.4. The summed E-state index contributed by atoms with van der Waals surface area (Å²) in [7, 11) is 0. The molecule has 2 aromatic rings. The number of rotatable bonds is 9. The number of aromatic nitrogens is 4. The van der Waals surface area contributed by atoms with Gasteiger partial charge in [-0.3, -0.25) is 9.36 Å². The molecule has 2 amide bonds. The molecule has 0 spiro atoms. The Bertz CT molecular complexity index is 1160. The molecule has 2 saturated heterocycles. The highest BCUT2D eigenvalue weighted by Crippen LogP contribution is 2.33. The number of nitrogens with two attached hydrogens (primary N) is 1. The van der Waals surface area contributed by atoms with E-state index in [1.54, 1.807) is 6.92 Å². The molecule has 0 aromatic carbocycles. The molecule has 4 heterocycles. The highest BCUT2D eigenvalue weighted by Gasteiger charge is 2.47. The van der Waals surface area contributed by atoms with E-state index in [1.807, 2.05) is 18.7 Å². The molecule has 3 aliphatic rings. The fourth-order valence-corrected chi connectivity index (χ4v) is 5.56. The first-order valence-corrected chi connectivity index (χ1v) is 15.1. The lowest BCUT2D eigenvalue weighted by Gasteiger charge is -2.32. The van der Waals surface area contributed by atoms with Crippen molar-refractivity contribution in [3.05, 3.63) is 12.2 Å². The Kier molecular flexibility index (Phi) is 10.7. The van der Waals surface area contributed by atoms with Crippen LogP contribution in [0.2, 0.25) is 0 Å². The molecule has 0 radical (unpaired) electrons. The first-order chi connectivity index (χ1) is 19.9.